The van der Waals surface area contributed by atoms with E-state index in [4.69, 9.17) is 9.84 Å². The number of carbonyl (C=O) groups is 1. The van der Waals surface area contributed by atoms with Crippen molar-refractivity contribution in [1.82, 2.24) is 0 Å². The fourth-order valence-corrected chi connectivity index (χ4v) is 2.82. The van der Waals surface area contributed by atoms with Crippen LogP contribution in [0.2, 0.25) is 0 Å². The van der Waals surface area contributed by atoms with Crippen LogP contribution in [-0.2, 0) is 9.53 Å². The first-order chi connectivity index (χ1) is 12.8. The van der Waals surface area contributed by atoms with E-state index in [1.54, 1.807) is 0 Å². The largest absolute Gasteiger partial charge is 0.452 e. The molecular weight excluding hydrogens is 324 g/mol. The van der Waals surface area contributed by atoms with Crippen molar-refractivity contribution in [2.24, 2.45) is 0 Å². The van der Waals surface area contributed by atoms with E-state index in [0.717, 1.165) is 12.8 Å². The maximum Gasteiger partial charge on any atom is 0.306 e. The Balaban J connectivity index is 3.23. The van der Waals surface area contributed by atoms with E-state index in [0.29, 0.717) is 6.42 Å². The molecule has 3 nitrogen and oxygen atoms in total. The highest BCUT2D eigenvalue weighted by Crippen LogP contribution is 2.13. The first-order valence-electron chi connectivity index (χ1n) is 10.5. The van der Waals surface area contributed by atoms with Gasteiger partial charge in [0.05, 0.1) is 0 Å². The number of esters is 1. The summed E-state index contributed by atoms with van der Waals surface area (Å²) in [6.07, 6.45) is 18.8. The number of aliphatic hydroxyl groups excluding tert-OH is 1. The molecule has 0 aromatic carbocycles. The molecule has 26 heavy (non-hydrogen) atoms. The molecule has 0 saturated carbocycles. The van der Waals surface area contributed by atoms with Gasteiger partial charge in [-0.05, 0) is 24.2 Å². The Bertz CT molecular complexity index is 434. The Kier molecular flexibility index (Phi) is 20.4. The Hall–Kier alpha value is -1.45. The number of hydrogen-bond donors (Lipinski definition) is 1. The number of rotatable bonds is 16. The molecule has 0 aliphatic carbocycles. The normalized spacial score (nSPS) is 9.77. The highest BCUT2D eigenvalue weighted by atomic mass is 16.5. The molecule has 0 aromatic rings. The molecule has 0 heterocycles. The van der Waals surface area contributed by atoms with Crippen molar-refractivity contribution in [2.75, 3.05) is 13.2 Å². The molecule has 0 fully saturated rings. The van der Waals surface area contributed by atoms with Crippen LogP contribution >= 0.6 is 0 Å². The smallest absolute Gasteiger partial charge is 0.306 e. The third-order valence-electron chi connectivity index (χ3n) is 4.36. The second-order valence-corrected chi connectivity index (χ2v) is 6.77. The Morgan fingerprint density at radius 1 is 0.731 bits per heavy atom. The van der Waals surface area contributed by atoms with Crippen LogP contribution in [0.15, 0.2) is 0 Å². The van der Waals surface area contributed by atoms with Crippen LogP contribution in [0.25, 0.3) is 0 Å². The van der Waals surface area contributed by atoms with E-state index in [2.05, 4.69) is 30.6 Å². The lowest BCUT2D eigenvalue weighted by Crippen LogP contribution is -2.04. The lowest BCUT2D eigenvalue weighted by atomic mass is 10.0. The lowest BCUT2D eigenvalue weighted by Gasteiger charge is -2.03. The van der Waals surface area contributed by atoms with E-state index in [1.165, 1.54) is 77.0 Å². The quantitative estimate of drug-likeness (QED) is 0.227. The topological polar surface area (TPSA) is 46.5 Å². The van der Waals surface area contributed by atoms with Crippen LogP contribution < -0.4 is 0 Å². The molecule has 3 heteroatoms. The monoisotopic (exact) mass is 362 g/mol. The molecule has 0 rings (SSSR count). The zero-order valence-corrected chi connectivity index (χ0v) is 16.8. The highest BCUT2D eigenvalue weighted by molar-refractivity contribution is 5.69. The summed E-state index contributed by atoms with van der Waals surface area (Å²) in [5.74, 6) is 9.82. The summed E-state index contributed by atoms with van der Waals surface area (Å²) in [5, 5.41) is 8.44. The third-order valence-corrected chi connectivity index (χ3v) is 4.36. The minimum Gasteiger partial charge on any atom is -0.452 e. The summed E-state index contributed by atoms with van der Waals surface area (Å²) >= 11 is 0. The second-order valence-electron chi connectivity index (χ2n) is 6.77. The van der Waals surface area contributed by atoms with E-state index in [9.17, 15) is 4.79 Å². The van der Waals surface area contributed by atoms with Crippen LogP contribution in [0.4, 0.5) is 0 Å². The summed E-state index contributed by atoms with van der Waals surface area (Å²) < 4.78 is 4.99. The molecule has 0 aliphatic rings. The SMILES string of the molecule is CCCCCCCCCCCCCCCCC(=O)OCC#CC#CCO. The average Bonchev–Trinajstić information content (AvgIpc) is 2.65. The number of unbranched alkanes of at least 4 members (excludes halogenated alkanes) is 13. The first kappa shape index (κ1) is 24.6. The predicted octanol–water partition coefficient (Wildman–Crippen LogP) is 5.40. The van der Waals surface area contributed by atoms with E-state index in [1.807, 2.05) is 0 Å². The summed E-state index contributed by atoms with van der Waals surface area (Å²) in [6.45, 7) is 2.14. The van der Waals surface area contributed by atoms with Gasteiger partial charge in [-0.3, -0.25) is 4.79 Å². The van der Waals surface area contributed by atoms with Crippen molar-refractivity contribution < 1.29 is 14.6 Å². The fourth-order valence-electron chi connectivity index (χ4n) is 2.82. The summed E-state index contributed by atoms with van der Waals surface area (Å²) in [6, 6.07) is 0. The molecule has 1 N–H and O–H groups in total. The third kappa shape index (κ3) is 20.6. The standard InChI is InChI=1S/C23H38O3/c1-2-3-4-5-6-7-8-9-10-11-12-13-14-17-20-23(25)26-22-19-16-15-18-21-24/h24H,2-14,17,20-22H2,1H3. The molecule has 0 atom stereocenters. The van der Waals surface area contributed by atoms with Gasteiger partial charge in [0.2, 0.25) is 0 Å². The van der Waals surface area contributed by atoms with Crippen molar-refractivity contribution >= 4 is 5.97 Å². The fraction of sp³-hybridized carbons (Fsp3) is 0.783. The van der Waals surface area contributed by atoms with Crippen molar-refractivity contribution in [3.8, 4) is 23.7 Å². The van der Waals surface area contributed by atoms with Gasteiger partial charge in [-0.2, -0.15) is 0 Å². The summed E-state index contributed by atoms with van der Waals surface area (Å²) in [5.41, 5.74) is 0. The van der Waals surface area contributed by atoms with Crippen LogP contribution in [0.1, 0.15) is 103 Å². The lowest BCUT2D eigenvalue weighted by molar-refractivity contribution is -0.142. The molecule has 0 radical (unpaired) electrons. The Morgan fingerprint density at radius 2 is 1.19 bits per heavy atom. The minimum absolute atomic E-state index is 0.0809. The molecule has 0 bridgehead atoms. The molecule has 0 aromatic heterocycles. The van der Waals surface area contributed by atoms with Crippen molar-refractivity contribution in [2.45, 2.75) is 103 Å². The maximum atomic E-state index is 11.5. The number of hydrogen-bond acceptors (Lipinski definition) is 3. The zero-order valence-electron chi connectivity index (χ0n) is 16.8. The van der Waals surface area contributed by atoms with Gasteiger partial charge in [-0.1, -0.05) is 96.3 Å². The molecular formula is C23H38O3. The van der Waals surface area contributed by atoms with E-state index in [-0.39, 0.29) is 19.2 Å². The van der Waals surface area contributed by atoms with Crippen LogP contribution in [0.5, 0.6) is 0 Å². The molecule has 148 valence electrons. The maximum absolute atomic E-state index is 11.5. The number of aliphatic hydroxyl groups is 1. The number of carbonyl (C=O) groups excluding carboxylic acids is 1. The number of ether oxygens (including phenoxy) is 1. The van der Waals surface area contributed by atoms with Crippen molar-refractivity contribution in [1.29, 1.82) is 0 Å². The van der Waals surface area contributed by atoms with Gasteiger partial charge in [0.1, 0.15) is 6.61 Å². The molecule has 0 aliphatic heterocycles. The molecule has 0 amide bonds. The first-order valence-corrected chi connectivity index (χ1v) is 10.5. The Labute approximate surface area is 161 Å². The van der Waals surface area contributed by atoms with Crippen molar-refractivity contribution in [3.63, 3.8) is 0 Å². The summed E-state index contributed by atoms with van der Waals surface area (Å²) in [7, 11) is 0. The molecule has 0 spiro atoms. The predicted molar refractivity (Wildman–Crippen MR) is 109 cm³/mol. The van der Waals surface area contributed by atoms with Gasteiger partial charge in [0.25, 0.3) is 0 Å². The van der Waals surface area contributed by atoms with Gasteiger partial charge in [0, 0.05) is 6.42 Å². The van der Waals surface area contributed by atoms with Gasteiger partial charge < -0.3 is 9.84 Å². The van der Waals surface area contributed by atoms with E-state index < -0.39 is 0 Å². The summed E-state index contributed by atoms with van der Waals surface area (Å²) in [4.78, 5) is 11.5. The van der Waals surface area contributed by atoms with Gasteiger partial charge in [-0.25, -0.2) is 0 Å². The minimum atomic E-state index is -0.201. The highest BCUT2D eigenvalue weighted by Gasteiger charge is 2.01. The van der Waals surface area contributed by atoms with Gasteiger partial charge >= 0.3 is 5.97 Å². The van der Waals surface area contributed by atoms with E-state index >= 15 is 0 Å². The molecule has 0 saturated heterocycles. The second kappa shape index (κ2) is 21.6. The van der Waals surface area contributed by atoms with Crippen LogP contribution in [0, 0.1) is 23.7 Å². The Morgan fingerprint density at radius 3 is 1.69 bits per heavy atom. The van der Waals surface area contributed by atoms with Crippen molar-refractivity contribution in [3.05, 3.63) is 0 Å². The average molecular weight is 363 g/mol. The van der Waals surface area contributed by atoms with Gasteiger partial charge in [-0.15, -0.1) is 0 Å². The zero-order chi connectivity index (χ0) is 19.1. The van der Waals surface area contributed by atoms with Gasteiger partial charge in [0.15, 0.2) is 6.61 Å². The molecule has 0 unspecified atom stereocenters. The van der Waals surface area contributed by atoms with Crippen LogP contribution in [0.3, 0.4) is 0 Å². The van der Waals surface area contributed by atoms with Crippen LogP contribution in [-0.4, -0.2) is 24.3 Å².